The van der Waals surface area contributed by atoms with Crippen molar-refractivity contribution in [2.75, 3.05) is 5.73 Å². The lowest BCUT2D eigenvalue weighted by atomic mass is 10.0. The van der Waals surface area contributed by atoms with Crippen LogP contribution in [0.2, 0.25) is 0 Å². The van der Waals surface area contributed by atoms with Crippen molar-refractivity contribution in [2.24, 2.45) is 0 Å². The average molecular weight is 356 g/mol. The Hall–Kier alpha value is -2.74. The molecule has 1 aromatic carbocycles. The fraction of sp³-hybridized carbons (Fsp3) is 0.294. The van der Waals surface area contributed by atoms with E-state index in [1.54, 1.807) is 6.07 Å². The number of amides is 1. The zero-order valence-electron chi connectivity index (χ0n) is 14.4. The molecule has 0 bridgehead atoms. The zero-order chi connectivity index (χ0) is 18.0. The molecule has 0 unspecified atom stereocenters. The Morgan fingerprint density at radius 3 is 2.76 bits per heavy atom. The van der Waals surface area contributed by atoms with Crippen LogP contribution in [0.5, 0.6) is 0 Å². The number of nitrogens with one attached hydrogen (secondary N) is 1. The van der Waals surface area contributed by atoms with Gasteiger partial charge in [0, 0.05) is 23.4 Å². The molecule has 3 N–H and O–H groups in total. The number of nitrogens with zero attached hydrogens (tertiary/aromatic N) is 4. The van der Waals surface area contributed by atoms with Crippen LogP contribution in [-0.4, -0.2) is 25.9 Å². The number of aryl methyl sites for hydroxylation is 2. The molecule has 0 spiro atoms. The van der Waals surface area contributed by atoms with Crippen LogP contribution in [0.1, 0.15) is 33.7 Å². The Kier molecular flexibility index (Phi) is 4.80. The van der Waals surface area contributed by atoms with E-state index in [-0.39, 0.29) is 5.91 Å². The molecular formula is C17H20N6OS. The van der Waals surface area contributed by atoms with Crippen LogP contribution in [0, 0.1) is 13.8 Å². The number of hydrogen-bond donors (Lipinski definition) is 2. The largest absolute Gasteiger partial charge is 0.374 e. The first kappa shape index (κ1) is 17.1. The summed E-state index contributed by atoms with van der Waals surface area (Å²) in [5.41, 5.74) is 10.3. The van der Waals surface area contributed by atoms with Crippen LogP contribution < -0.4 is 11.1 Å². The second-order valence-corrected chi connectivity index (χ2v) is 6.75. The van der Waals surface area contributed by atoms with Gasteiger partial charge in [0.05, 0.1) is 12.2 Å². The van der Waals surface area contributed by atoms with E-state index in [1.165, 1.54) is 11.3 Å². The molecule has 0 aliphatic heterocycles. The number of nitrogens with two attached hydrogens (primary N) is 1. The topological polar surface area (TPSA) is 98.7 Å². The quantitative estimate of drug-likeness (QED) is 0.732. The van der Waals surface area contributed by atoms with Crippen molar-refractivity contribution in [3.8, 4) is 11.1 Å². The Balaban J connectivity index is 1.81. The van der Waals surface area contributed by atoms with Crippen molar-refractivity contribution in [3.05, 3.63) is 46.2 Å². The average Bonchev–Trinajstić information content (AvgIpc) is 3.15. The number of rotatable bonds is 5. The van der Waals surface area contributed by atoms with Crippen LogP contribution in [0.15, 0.2) is 24.3 Å². The minimum atomic E-state index is -0.159. The third-order valence-electron chi connectivity index (χ3n) is 3.98. The number of hydrogen-bond acceptors (Lipinski definition) is 6. The molecule has 0 aliphatic rings. The van der Waals surface area contributed by atoms with E-state index in [2.05, 4.69) is 27.5 Å². The molecule has 0 saturated carbocycles. The Morgan fingerprint density at radius 2 is 2.12 bits per heavy atom. The number of benzene rings is 1. The molecule has 2 aromatic heterocycles. The van der Waals surface area contributed by atoms with Crippen molar-refractivity contribution in [3.63, 3.8) is 0 Å². The molecule has 3 aromatic rings. The summed E-state index contributed by atoms with van der Waals surface area (Å²) in [4.78, 5) is 12.4. The van der Waals surface area contributed by atoms with Crippen molar-refractivity contribution in [2.45, 2.75) is 33.9 Å². The van der Waals surface area contributed by atoms with E-state index in [0.717, 1.165) is 29.1 Å². The van der Waals surface area contributed by atoms with E-state index in [1.807, 2.05) is 36.7 Å². The van der Waals surface area contributed by atoms with Crippen molar-refractivity contribution in [1.82, 2.24) is 25.3 Å². The van der Waals surface area contributed by atoms with Crippen molar-refractivity contribution in [1.29, 1.82) is 0 Å². The van der Waals surface area contributed by atoms with E-state index >= 15 is 0 Å². The van der Waals surface area contributed by atoms with Crippen LogP contribution in [-0.2, 0) is 13.1 Å². The number of anilines is 1. The van der Waals surface area contributed by atoms with Gasteiger partial charge in [-0.25, -0.2) is 0 Å². The molecule has 0 fully saturated rings. The second kappa shape index (κ2) is 7.02. The van der Waals surface area contributed by atoms with Gasteiger partial charge in [-0.05, 0) is 38.5 Å². The maximum Gasteiger partial charge on any atom is 0.251 e. The van der Waals surface area contributed by atoms with Crippen LogP contribution in [0.3, 0.4) is 0 Å². The summed E-state index contributed by atoms with van der Waals surface area (Å²) in [6, 6.07) is 7.57. The fourth-order valence-electron chi connectivity index (χ4n) is 2.83. The molecule has 25 heavy (non-hydrogen) atoms. The summed E-state index contributed by atoms with van der Waals surface area (Å²) in [5, 5.41) is 16.1. The minimum Gasteiger partial charge on any atom is -0.374 e. The third kappa shape index (κ3) is 3.53. The predicted molar refractivity (Wildman–Crippen MR) is 98.3 cm³/mol. The SMILES string of the molecule is CCn1nc(C)c(-c2cccc(C(=O)NCc3nnc(N)s3)c2)c1C. The lowest BCUT2D eigenvalue weighted by molar-refractivity contribution is 0.0951. The smallest absolute Gasteiger partial charge is 0.251 e. The van der Waals surface area contributed by atoms with Gasteiger partial charge < -0.3 is 11.1 Å². The summed E-state index contributed by atoms with van der Waals surface area (Å²) >= 11 is 1.26. The van der Waals surface area contributed by atoms with Gasteiger partial charge in [0.1, 0.15) is 5.01 Å². The molecular weight excluding hydrogens is 336 g/mol. The highest BCUT2D eigenvalue weighted by molar-refractivity contribution is 7.15. The summed E-state index contributed by atoms with van der Waals surface area (Å²) in [6.07, 6.45) is 0. The van der Waals surface area contributed by atoms with E-state index < -0.39 is 0 Å². The molecule has 1 amide bonds. The van der Waals surface area contributed by atoms with E-state index in [9.17, 15) is 4.79 Å². The van der Waals surface area contributed by atoms with Crippen LogP contribution >= 0.6 is 11.3 Å². The lowest BCUT2D eigenvalue weighted by Gasteiger charge is -2.07. The number of carbonyl (C=O) groups is 1. The third-order valence-corrected chi connectivity index (χ3v) is 4.73. The Labute approximate surface area is 149 Å². The highest BCUT2D eigenvalue weighted by Gasteiger charge is 2.15. The summed E-state index contributed by atoms with van der Waals surface area (Å²) < 4.78 is 1.97. The first-order valence-electron chi connectivity index (χ1n) is 8.00. The van der Waals surface area contributed by atoms with E-state index in [4.69, 9.17) is 5.73 Å². The highest BCUT2D eigenvalue weighted by Crippen LogP contribution is 2.27. The minimum absolute atomic E-state index is 0.159. The molecule has 3 rings (SSSR count). The van der Waals surface area contributed by atoms with Gasteiger partial charge in [0.15, 0.2) is 0 Å². The maximum absolute atomic E-state index is 12.4. The molecule has 0 atom stereocenters. The monoisotopic (exact) mass is 356 g/mol. The first-order valence-corrected chi connectivity index (χ1v) is 8.81. The number of carbonyl (C=O) groups excluding carboxylic acids is 1. The van der Waals surface area contributed by atoms with Gasteiger partial charge in [-0.1, -0.05) is 23.5 Å². The second-order valence-electron chi connectivity index (χ2n) is 5.66. The van der Waals surface area contributed by atoms with Gasteiger partial charge in [0.2, 0.25) is 5.13 Å². The number of nitrogen functional groups attached to an aromatic ring is 1. The summed E-state index contributed by atoms with van der Waals surface area (Å²) in [6.45, 7) is 7.22. The maximum atomic E-state index is 12.4. The summed E-state index contributed by atoms with van der Waals surface area (Å²) in [7, 11) is 0. The van der Waals surface area contributed by atoms with Crippen LogP contribution in [0.4, 0.5) is 5.13 Å². The lowest BCUT2D eigenvalue weighted by Crippen LogP contribution is -2.22. The molecule has 2 heterocycles. The fourth-order valence-corrected chi connectivity index (χ4v) is 3.38. The van der Waals surface area contributed by atoms with Crippen molar-refractivity contribution >= 4 is 22.4 Å². The van der Waals surface area contributed by atoms with Crippen LogP contribution in [0.25, 0.3) is 11.1 Å². The molecule has 0 saturated heterocycles. The number of aromatic nitrogens is 4. The normalized spacial score (nSPS) is 10.8. The van der Waals surface area contributed by atoms with Crippen molar-refractivity contribution < 1.29 is 4.79 Å². The first-order chi connectivity index (χ1) is 12.0. The molecule has 7 nitrogen and oxygen atoms in total. The molecule has 0 radical (unpaired) electrons. The molecule has 0 aliphatic carbocycles. The van der Waals surface area contributed by atoms with Gasteiger partial charge in [0.25, 0.3) is 5.91 Å². The Bertz CT molecular complexity index is 914. The molecule has 130 valence electrons. The molecule has 8 heteroatoms. The zero-order valence-corrected chi connectivity index (χ0v) is 15.2. The highest BCUT2D eigenvalue weighted by atomic mass is 32.1. The Morgan fingerprint density at radius 1 is 1.32 bits per heavy atom. The summed E-state index contributed by atoms with van der Waals surface area (Å²) in [5.74, 6) is -0.159. The van der Waals surface area contributed by atoms with Gasteiger partial charge in [-0.15, -0.1) is 10.2 Å². The van der Waals surface area contributed by atoms with Gasteiger partial charge >= 0.3 is 0 Å². The van der Waals surface area contributed by atoms with Gasteiger partial charge in [-0.3, -0.25) is 9.48 Å². The standard InChI is InChI=1S/C17H20N6OS/c1-4-23-11(3)15(10(2)22-23)12-6-5-7-13(8-12)16(24)19-9-14-20-21-17(18)25-14/h5-8H,4,9H2,1-3H3,(H2,18,21)(H,19,24). The predicted octanol–water partition coefficient (Wildman–Crippen LogP) is 2.55. The van der Waals surface area contributed by atoms with E-state index in [0.29, 0.717) is 22.2 Å². The van der Waals surface area contributed by atoms with Gasteiger partial charge in [-0.2, -0.15) is 5.10 Å².